The first-order chi connectivity index (χ1) is 7.63. The zero-order valence-corrected chi connectivity index (χ0v) is 9.62. The Hall–Kier alpha value is -1.62. The first kappa shape index (κ1) is 12.4. The summed E-state index contributed by atoms with van der Waals surface area (Å²) in [7, 11) is 0. The van der Waals surface area contributed by atoms with Gasteiger partial charge in [-0.2, -0.15) is 0 Å². The van der Waals surface area contributed by atoms with Crippen LogP contribution in [0.5, 0.6) is 11.5 Å². The fourth-order valence-electron chi connectivity index (χ4n) is 0.993. The normalized spacial score (nSPS) is 10.6. The molecule has 0 aliphatic heterocycles. The number of benzene rings is 1. The lowest BCUT2D eigenvalue weighted by Crippen LogP contribution is -2.12. The molecule has 1 aromatic rings. The Morgan fingerprint density at radius 2 is 2.19 bits per heavy atom. The fourth-order valence-corrected chi connectivity index (χ4v) is 1.35. The predicted octanol–water partition coefficient (Wildman–Crippen LogP) is 1.90. The van der Waals surface area contributed by atoms with Crippen molar-refractivity contribution in [3.63, 3.8) is 0 Å². The number of amides is 1. The summed E-state index contributed by atoms with van der Waals surface area (Å²) < 4.78 is 2.61. The van der Waals surface area contributed by atoms with E-state index < -0.39 is 0 Å². The number of phenolic OH excluding ortho intramolecular Hbond substituents is 2. The second-order valence-electron chi connectivity index (χ2n) is 2.98. The van der Waals surface area contributed by atoms with E-state index in [-0.39, 0.29) is 17.4 Å². The topological polar surface area (TPSA) is 69.6 Å². The molecule has 86 valence electrons. The van der Waals surface area contributed by atoms with E-state index in [0.29, 0.717) is 5.56 Å². The minimum absolute atomic E-state index is 0.178. The summed E-state index contributed by atoms with van der Waals surface area (Å²) in [5, 5.41) is 18.3. The van der Waals surface area contributed by atoms with E-state index in [0.717, 1.165) is 5.75 Å². The highest BCUT2D eigenvalue weighted by molar-refractivity contribution is 7.97. The van der Waals surface area contributed by atoms with Gasteiger partial charge in [0.15, 0.2) is 11.5 Å². The van der Waals surface area contributed by atoms with Crippen molar-refractivity contribution in [3.8, 4) is 11.5 Å². The van der Waals surface area contributed by atoms with E-state index in [9.17, 15) is 9.90 Å². The average molecular weight is 239 g/mol. The number of hydrogen-bond donors (Lipinski definition) is 3. The first-order valence-electron chi connectivity index (χ1n) is 4.75. The first-order valence-corrected chi connectivity index (χ1v) is 5.74. The van der Waals surface area contributed by atoms with Crippen molar-refractivity contribution in [2.24, 2.45) is 0 Å². The molecule has 0 aliphatic carbocycles. The SMILES string of the molecule is CCSNC(=O)/C=C/c1ccc(O)c(O)c1. The summed E-state index contributed by atoms with van der Waals surface area (Å²) in [4.78, 5) is 11.2. The lowest BCUT2D eigenvalue weighted by atomic mass is 10.2. The van der Waals surface area contributed by atoms with Crippen LogP contribution in [0.3, 0.4) is 0 Å². The molecule has 0 atom stereocenters. The van der Waals surface area contributed by atoms with Gasteiger partial charge in [-0.25, -0.2) is 0 Å². The van der Waals surface area contributed by atoms with Crippen molar-refractivity contribution >= 4 is 23.9 Å². The van der Waals surface area contributed by atoms with Gasteiger partial charge >= 0.3 is 0 Å². The molecule has 0 unspecified atom stereocenters. The van der Waals surface area contributed by atoms with Gasteiger partial charge in [0.25, 0.3) is 5.91 Å². The molecule has 0 aromatic heterocycles. The van der Waals surface area contributed by atoms with E-state index >= 15 is 0 Å². The van der Waals surface area contributed by atoms with Crippen molar-refractivity contribution in [1.29, 1.82) is 0 Å². The molecule has 3 N–H and O–H groups in total. The molecule has 5 heteroatoms. The van der Waals surface area contributed by atoms with Gasteiger partial charge in [0.1, 0.15) is 0 Å². The van der Waals surface area contributed by atoms with E-state index in [4.69, 9.17) is 5.11 Å². The Morgan fingerprint density at radius 3 is 2.81 bits per heavy atom. The van der Waals surface area contributed by atoms with Gasteiger partial charge in [0.05, 0.1) is 0 Å². The highest BCUT2D eigenvalue weighted by Gasteiger charge is 1.98. The summed E-state index contributed by atoms with van der Waals surface area (Å²) >= 11 is 1.32. The maximum Gasteiger partial charge on any atom is 0.253 e. The van der Waals surface area contributed by atoms with Gasteiger partial charge in [-0.15, -0.1) is 0 Å². The number of rotatable bonds is 4. The second kappa shape index (κ2) is 6.07. The minimum atomic E-state index is -0.209. The van der Waals surface area contributed by atoms with Crippen LogP contribution in [0.15, 0.2) is 24.3 Å². The summed E-state index contributed by atoms with van der Waals surface area (Å²) in [6.07, 6.45) is 2.93. The molecule has 0 spiro atoms. The Kier molecular flexibility index (Phi) is 4.72. The molecule has 16 heavy (non-hydrogen) atoms. The van der Waals surface area contributed by atoms with Crippen LogP contribution in [0.4, 0.5) is 0 Å². The minimum Gasteiger partial charge on any atom is -0.504 e. The lowest BCUT2D eigenvalue weighted by molar-refractivity contribution is -0.114. The Morgan fingerprint density at radius 1 is 1.44 bits per heavy atom. The van der Waals surface area contributed by atoms with E-state index in [1.165, 1.54) is 30.2 Å². The van der Waals surface area contributed by atoms with Crippen LogP contribution in [-0.2, 0) is 4.79 Å². The molecular weight excluding hydrogens is 226 g/mol. The largest absolute Gasteiger partial charge is 0.504 e. The second-order valence-corrected chi connectivity index (χ2v) is 4.05. The van der Waals surface area contributed by atoms with Gasteiger partial charge in [0.2, 0.25) is 0 Å². The summed E-state index contributed by atoms with van der Waals surface area (Å²) in [6.45, 7) is 1.94. The zero-order chi connectivity index (χ0) is 12.0. The maximum absolute atomic E-state index is 11.2. The van der Waals surface area contributed by atoms with Crippen molar-refractivity contribution in [1.82, 2.24) is 4.72 Å². The molecular formula is C11H13NO3S. The molecule has 1 aromatic carbocycles. The monoisotopic (exact) mass is 239 g/mol. The number of hydrogen-bond acceptors (Lipinski definition) is 4. The molecule has 1 amide bonds. The molecule has 0 radical (unpaired) electrons. The molecule has 1 rings (SSSR count). The van der Waals surface area contributed by atoms with Crippen LogP contribution >= 0.6 is 11.9 Å². The van der Waals surface area contributed by atoms with Gasteiger partial charge < -0.3 is 10.2 Å². The van der Waals surface area contributed by atoms with Crippen LogP contribution in [0.25, 0.3) is 6.08 Å². The lowest BCUT2D eigenvalue weighted by Gasteiger charge is -1.99. The number of carbonyl (C=O) groups excluding carboxylic acids is 1. The summed E-state index contributed by atoms with van der Waals surface area (Å²) in [6, 6.07) is 4.35. The number of aromatic hydroxyl groups is 2. The number of nitrogens with one attached hydrogen (secondary N) is 1. The third-order valence-corrected chi connectivity index (χ3v) is 2.38. The van der Waals surface area contributed by atoms with Crippen LogP contribution in [0.2, 0.25) is 0 Å². The Labute approximate surface area is 98.1 Å². The molecule has 0 saturated heterocycles. The predicted molar refractivity (Wildman–Crippen MR) is 65.1 cm³/mol. The quantitative estimate of drug-likeness (QED) is 0.426. The van der Waals surface area contributed by atoms with E-state index in [1.807, 2.05) is 6.92 Å². The van der Waals surface area contributed by atoms with Crippen molar-refractivity contribution in [2.45, 2.75) is 6.92 Å². The fraction of sp³-hybridized carbons (Fsp3) is 0.182. The summed E-state index contributed by atoms with van der Waals surface area (Å²) in [5.74, 6) is 0.215. The smallest absolute Gasteiger partial charge is 0.253 e. The molecule has 0 saturated carbocycles. The number of phenols is 2. The van der Waals surface area contributed by atoms with Gasteiger partial charge in [-0.1, -0.05) is 24.9 Å². The Bertz CT molecular complexity index is 404. The van der Waals surface area contributed by atoms with Gasteiger partial charge in [-0.3, -0.25) is 9.52 Å². The average Bonchev–Trinajstić information content (AvgIpc) is 2.28. The summed E-state index contributed by atoms with van der Waals surface area (Å²) in [5.41, 5.74) is 0.645. The number of carbonyl (C=O) groups is 1. The molecule has 4 nitrogen and oxygen atoms in total. The van der Waals surface area contributed by atoms with Crippen molar-refractivity contribution in [3.05, 3.63) is 29.8 Å². The van der Waals surface area contributed by atoms with E-state index in [1.54, 1.807) is 12.1 Å². The third-order valence-electron chi connectivity index (χ3n) is 1.74. The molecule has 0 heterocycles. The maximum atomic E-state index is 11.2. The highest BCUT2D eigenvalue weighted by Crippen LogP contribution is 2.25. The van der Waals surface area contributed by atoms with E-state index in [2.05, 4.69) is 4.72 Å². The molecule has 0 fully saturated rings. The third kappa shape index (κ3) is 3.86. The van der Waals surface area contributed by atoms with Crippen LogP contribution in [0, 0.1) is 0 Å². The van der Waals surface area contributed by atoms with Gasteiger partial charge in [0, 0.05) is 11.8 Å². The van der Waals surface area contributed by atoms with Gasteiger partial charge in [-0.05, 0) is 23.8 Å². The van der Waals surface area contributed by atoms with Crippen molar-refractivity contribution in [2.75, 3.05) is 5.75 Å². The molecule has 0 aliphatic rings. The zero-order valence-electron chi connectivity index (χ0n) is 8.80. The van der Waals surface area contributed by atoms with Crippen molar-refractivity contribution < 1.29 is 15.0 Å². The standard InChI is InChI=1S/C11H13NO3S/c1-2-16-12-11(15)6-4-8-3-5-9(13)10(14)7-8/h3-7,13-14H,2H2,1H3,(H,12,15)/b6-4+. The Balaban J connectivity index is 2.62. The van der Waals surface area contributed by atoms with Crippen LogP contribution < -0.4 is 4.72 Å². The highest BCUT2D eigenvalue weighted by atomic mass is 32.2. The molecule has 0 bridgehead atoms. The van der Waals surface area contributed by atoms with Crippen LogP contribution in [-0.4, -0.2) is 21.9 Å². The van der Waals surface area contributed by atoms with Crippen LogP contribution in [0.1, 0.15) is 12.5 Å².